The van der Waals surface area contributed by atoms with Gasteiger partial charge >= 0.3 is 0 Å². The summed E-state index contributed by atoms with van der Waals surface area (Å²) >= 11 is 0. The van der Waals surface area contributed by atoms with Crippen LogP contribution >= 0.6 is 7.26 Å². The minimum absolute atomic E-state index is 0. The van der Waals surface area contributed by atoms with Gasteiger partial charge in [0.15, 0.2) is 0 Å². The largest absolute Gasteiger partial charge is 1.00 e. The highest BCUT2D eigenvalue weighted by Gasteiger charge is 2.57. The summed E-state index contributed by atoms with van der Waals surface area (Å²) in [4.78, 5) is 28.0. The quantitative estimate of drug-likeness (QED) is 0.403. The highest BCUT2D eigenvalue weighted by atomic mass is 79.9. The van der Waals surface area contributed by atoms with Crippen molar-refractivity contribution in [2.75, 3.05) is 12.7 Å². The van der Waals surface area contributed by atoms with Crippen molar-refractivity contribution in [3.63, 3.8) is 0 Å². The standard InChI is InChI=1S/C28H41NO2P.BrH/c30-27-25-18-10-11-19-26(25)28(31)29(27)20-21-32(22-12-4-1-5-13-22,23-14-6-2-7-15-23)24-16-8-3-9-17-24;/h10-11,18-19,22-24H,1-9,12-17,20-21H2;1H/q+1;/p-1. The zero-order valence-corrected chi connectivity index (χ0v) is 22.6. The summed E-state index contributed by atoms with van der Waals surface area (Å²) in [5, 5.41) is 0. The Kier molecular flexibility index (Phi) is 8.71. The first-order chi connectivity index (χ1) is 15.7. The predicted molar refractivity (Wildman–Crippen MR) is 134 cm³/mol. The molecule has 0 atom stereocenters. The van der Waals surface area contributed by atoms with E-state index < -0.39 is 7.26 Å². The van der Waals surface area contributed by atoms with Crippen molar-refractivity contribution in [2.45, 2.75) is 113 Å². The number of imide groups is 1. The Morgan fingerprint density at radius 1 is 0.636 bits per heavy atom. The first-order valence-corrected chi connectivity index (χ1v) is 15.7. The second-order valence-electron chi connectivity index (χ2n) is 10.9. The molecule has 0 radical (unpaired) electrons. The first-order valence-electron chi connectivity index (χ1n) is 13.5. The molecule has 3 aliphatic carbocycles. The molecule has 1 aromatic rings. The fraction of sp³-hybridized carbons (Fsp3) is 0.714. The molecule has 182 valence electrons. The van der Waals surface area contributed by atoms with Gasteiger partial charge in [0.2, 0.25) is 0 Å². The van der Waals surface area contributed by atoms with E-state index in [2.05, 4.69) is 0 Å². The predicted octanol–water partition coefficient (Wildman–Crippen LogP) is 4.30. The van der Waals surface area contributed by atoms with E-state index in [9.17, 15) is 9.59 Å². The maximum Gasteiger partial charge on any atom is 0.261 e. The van der Waals surface area contributed by atoms with E-state index in [-0.39, 0.29) is 28.8 Å². The molecule has 3 fully saturated rings. The molecule has 0 aromatic heterocycles. The molecule has 0 saturated heterocycles. The van der Waals surface area contributed by atoms with Gasteiger partial charge in [0.25, 0.3) is 11.8 Å². The van der Waals surface area contributed by atoms with Crippen molar-refractivity contribution in [1.29, 1.82) is 0 Å². The minimum atomic E-state index is -1.27. The second-order valence-corrected chi connectivity index (χ2v) is 15.5. The summed E-state index contributed by atoms with van der Waals surface area (Å²) in [6.45, 7) is 0.670. The lowest BCUT2D eigenvalue weighted by molar-refractivity contribution is -0.0000297. The number of carbonyl (C=O) groups excluding carboxylic acids is 2. The lowest BCUT2D eigenvalue weighted by atomic mass is 9.99. The van der Waals surface area contributed by atoms with Crippen molar-refractivity contribution in [1.82, 2.24) is 4.90 Å². The molecule has 0 unspecified atom stereocenters. The Bertz CT molecular complexity index is 744. The van der Waals surface area contributed by atoms with Crippen LogP contribution in [0.4, 0.5) is 0 Å². The molecule has 1 heterocycles. The number of benzene rings is 1. The van der Waals surface area contributed by atoms with E-state index in [1.807, 2.05) is 24.3 Å². The van der Waals surface area contributed by atoms with Crippen LogP contribution in [0.5, 0.6) is 0 Å². The zero-order valence-electron chi connectivity index (χ0n) is 20.2. The third kappa shape index (κ3) is 4.86. The molecule has 0 spiro atoms. The van der Waals surface area contributed by atoms with E-state index in [0.29, 0.717) is 17.7 Å². The molecule has 4 aliphatic rings. The van der Waals surface area contributed by atoms with Gasteiger partial charge in [0.1, 0.15) is 0 Å². The van der Waals surface area contributed by atoms with E-state index >= 15 is 0 Å². The van der Waals surface area contributed by atoms with E-state index in [0.717, 1.165) is 23.1 Å². The third-order valence-corrected chi connectivity index (χ3v) is 16.0. The monoisotopic (exact) mass is 533 g/mol. The molecule has 3 saturated carbocycles. The number of fused-ring (bicyclic) bond motifs is 1. The van der Waals surface area contributed by atoms with Crippen LogP contribution < -0.4 is 17.0 Å². The molecule has 5 rings (SSSR count). The van der Waals surface area contributed by atoms with Gasteiger partial charge in [-0.3, -0.25) is 14.5 Å². The molecule has 1 aliphatic heterocycles. The number of hydrogen-bond donors (Lipinski definition) is 0. The SMILES string of the molecule is O=C1c2ccccc2C(=O)N1CC[P+](C1CCCCC1)(C1CCCCC1)C1CCCCC1.[Br-]. The van der Waals surface area contributed by atoms with Crippen LogP contribution in [-0.4, -0.2) is 46.4 Å². The van der Waals surface area contributed by atoms with Gasteiger partial charge in [-0.2, -0.15) is 0 Å². The van der Waals surface area contributed by atoms with Gasteiger partial charge < -0.3 is 17.0 Å². The maximum atomic E-state index is 13.2. The number of nitrogens with zero attached hydrogens (tertiary/aromatic N) is 1. The summed E-state index contributed by atoms with van der Waals surface area (Å²) in [6, 6.07) is 7.44. The minimum Gasteiger partial charge on any atom is -1.00 e. The van der Waals surface area contributed by atoms with Gasteiger partial charge in [-0.15, -0.1) is 0 Å². The molecule has 33 heavy (non-hydrogen) atoms. The topological polar surface area (TPSA) is 37.4 Å². The molecule has 0 N–H and O–H groups in total. The fourth-order valence-electron chi connectivity index (χ4n) is 7.84. The summed E-state index contributed by atoms with van der Waals surface area (Å²) in [5.74, 6) is -0.0840. The Morgan fingerprint density at radius 2 is 1.00 bits per heavy atom. The van der Waals surface area contributed by atoms with Crippen LogP contribution in [0.3, 0.4) is 0 Å². The van der Waals surface area contributed by atoms with E-state index in [1.54, 1.807) is 4.90 Å². The Hall–Kier alpha value is -0.730. The number of halogens is 1. The Morgan fingerprint density at radius 3 is 1.36 bits per heavy atom. The second kappa shape index (κ2) is 11.3. The highest BCUT2D eigenvalue weighted by molar-refractivity contribution is 7.77. The van der Waals surface area contributed by atoms with E-state index in [4.69, 9.17) is 0 Å². The molecule has 5 heteroatoms. The third-order valence-electron chi connectivity index (χ3n) is 9.35. The van der Waals surface area contributed by atoms with Gasteiger partial charge in [0, 0.05) is 7.26 Å². The number of amides is 2. The molecular weight excluding hydrogens is 493 g/mol. The van der Waals surface area contributed by atoms with Crippen molar-refractivity contribution < 1.29 is 26.6 Å². The van der Waals surface area contributed by atoms with Crippen LogP contribution in [0.25, 0.3) is 0 Å². The van der Waals surface area contributed by atoms with Crippen molar-refractivity contribution in [3.05, 3.63) is 35.4 Å². The van der Waals surface area contributed by atoms with Crippen LogP contribution in [0.2, 0.25) is 0 Å². The molecule has 0 bridgehead atoms. The smallest absolute Gasteiger partial charge is 0.261 e. The Labute approximate surface area is 211 Å². The molecule has 2 amide bonds. The molecule has 1 aromatic carbocycles. The fourth-order valence-corrected chi connectivity index (χ4v) is 15.3. The lowest BCUT2D eigenvalue weighted by Gasteiger charge is -2.49. The van der Waals surface area contributed by atoms with Crippen LogP contribution in [0.15, 0.2) is 24.3 Å². The average molecular weight is 535 g/mol. The van der Waals surface area contributed by atoms with Crippen LogP contribution in [0, 0.1) is 0 Å². The summed E-state index contributed by atoms with van der Waals surface area (Å²) in [5.41, 5.74) is 3.94. The number of carbonyl (C=O) groups is 2. The lowest BCUT2D eigenvalue weighted by Crippen LogP contribution is -3.00. The summed E-state index contributed by atoms with van der Waals surface area (Å²) in [7, 11) is -1.27. The summed E-state index contributed by atoms with van der Waals surface area (Å²) in [6.07, 6.45) is 22.3. The first kappa shape index (κ1) is 25.4. The molecule has 3 nitrogen and oxygen atoms in total. The van der Waals surface area contributed by atoms with Crippen molar-refractivity contribution in [2.24, 2.45) is 0 Å². The maximum absolute atomic E-state index is 13.2. The normalized spacial score (nSPS) is 23.5. The van der Waals surface area contributed by atoms with Gasteiger partial charge in [-0.25, -0.2) is 0 Å². The van der Waals surface area contributed by atoms with Crippen LogP contribution in [0.1, 0.15) is 117 Å². The Balaban J connectivity index is 0.00000259. The average Bonchev–Trinajstić information content (AvgIpc) is 3.11. The number of hydrogen-bond acceptors (Lipinski definition) is 2. The number of rotatable bonds is 6. The van der Waals surface area contributed by atoms with Gasteiger partial charge in [0.05, 0.1) is 40.8 Å². The van der Waals surface area contributed by atoms with Crippen molar-refractivity contribution >= 4 is 19.1 Å². The zero-order chi connectivity index (χ0) is 22.0. The van der Waals surface area contributed by atoms with E-state index in [1.165, 1.54) is 96.3 Å². The van der Waals surface area contributed by atoms with Gasteiger partial charge in [-0.05, 0) is 89.2 Å². The van der Waals surface area contributed by atoms with Crippen LogP contribution in [-0.2, 0) is 0 Å². The summed E-state index contributed by atoms with van der Waals surface area (Å²) < 4.78 is 0. The van der Waals surface area contributed by atoms with Gasteiger partial charge in [-0.1, -0.05) is 31.4 Å². The molecular formula is C28H41BrNO2P. The van der Waals surface area contributed by atoms with Crippen molar-refractivity contribution in [3.8, 4) is 0 Å². The highest BCUT2D eigenvalue weighted by Crippen LogP contribution is 2.77.